The fourth-order valence-corrected chi connectivity index (χ4v) is 4.70. The fraction of sp³-hybridized carbons (Fsp3) is 0.545. The maximum atomic E-state index is 12.9. The second-order valence-corrected chi connectivity index (χ2v) is 8.70. The van der Waals surface area contributed by atoms with Crippen LogP contribution < -0.4 is 14.4 Å². The highest BCUT2D eigenvalue weighted by molar-refractivity contribution is 7.15. The number of piperidine rings is 1. The summed E-state index contributed by atoms with van der Waals surface area (Å²) in [5.74, 6) is -0.535. The fourth-order valence-electron chi connectivity index (χ4n) is 3.60. The van der Waals surface area contributed by atoms with Crippen molar-refractivity contribution in [3.63, 3.8) is 0 Å². The van der Waals surface area contributed by atoms with Crippen molar-refractivity contribution in [3.05, 3.63) is 34.3 Å². The number of halogens is 3. The Morgan fingerprint density at radius 2 is 2.00 bits per heavy atom. The van der Waals surface area contributed by atoms with Crippen LogP contribution in [0.2, 0.25) is 0 Å². The quantitative estimate of drug-likeness (QED) is 0.416. The van der Waals surface area contributed by atoms with Gasteiger partial charge in [0, 0.05) is 37.4 Å². The first-order valence-corrected chi connectivity index (χ1v) is 11.2. The van der Waals surface area contributed by atoms with E-state index in [9.17, 15) is 18.0 Å². The summed E-state index contributed by atoms with van der Waals surface area (Å²) in [5.41, 5.74) is 1.85. The van der Waals surface area contributed by atoms with Crippen molar-refractivity contribution >= 4 is 22.4 Å². The molecule has 9 heteroatoms. The third-order valence-corrected chi connectivity index (χ3v) is 6.64. The van der Waals surface area contributed by atoms with E-state index >= 15 is 0 Å². The van der Waals surface area contributed by atoms with Gasteiger partial charge in [-0.1, -0.05) is 13.0 Å². The van der Waals surface area contributed by atoms with Crippen LogP contribution in [0.15, 0.2) is 18.2 Å². The van der Waals surface area contributed by atoms with Crippen molar-refractivity contribution in [2.75, 3.05) is 24.6 Å². The van der Waals surface area contributed by atoms with Gasteiger partial charge in [-0.15, -0.1) is 11.3 Å². The van der Waals surface area contributed by atoms with Crippen molar-refractivity contribution in [1.29, 1.82) is 0 Å². The average molecular weight is 457 g/mol. The van der Waals surface area contributed by atoms with Gasteiger partial charge >= 0.3 is 12.1 Å². The van der Waals surface area contributed by atoms with Crippen LogP contribution in [-0.2, 0) is 17.6 Å². The zero-order chi connectivity index (χ0) is 22.6. The number of thiazole rings is 1. The molecule has 0 radical (unpaired) electrons. The standard InChI is InChI=1S/C22H27F3N2O3S/c1-4-20-18(9-12-29-19-13-17(30-15(3)28)6-5-14(19)2)26-21(31-20)27-10-7-16(8-11-27)22(23,24)25/h5-6,13,16H,4,7-12H2,1-3H3. The lowest BCUT2D eigenvalue weighted by Gasteiger charge is -2.32. The van der Waals surface area contributed by atoms with Gasteiger partial charge in [-0.05, 0) is 37.8 Å². The van der Waals surface area contributed by atoms with Crippen LogP contribution in [0.25, 0.3) is 0 Å². The summed E-state index contributed by atoms with van der Waals surface area (Å²) in [7, 11) is 0. The Bertz CT molecular complexity index is 906. The number of aromatic nitrogens is 1. The predicted molar refractivity (Wildman–Crippen MR) is 114 cm³/mol. The molecule has 0 bridgehead atoms. The number of hydrogen-bond acceptors (Lipinski definition) is 6. The Morgan fingerprint density at radius 1 is 1.29 bits per heavy atom. The van der Waals surface area contributed by atoms with E-state index in [1.54, 1.807) is 23.5 Å². The molecule has 1 aromatic carbocycles. The molecule has 0 atom stereocenters. The summed E-state index contributed by atoms with van der Waals surface area (Å²) >= 11 is 1.55. The van der Waals surface area contributed by atoms with Gasteiger partial charge < -0.3 is 14.4 Å². The van der Waals surface area contributed by atoms with E-state index in [1.165, 1.54) is 6.92 Å². The number of aryl methyl sites for hydroxylation is 2. The molecule has 1 fully saturated rings. The smallest absolute Gasteiger partial charge is 0.391 e. The minimum atomic E-state index is -4.11. The number of nitrogens with zero attached hydrogens (tertiary/aromatic N) is 2. The number of benzene rings is 1. The summed E-state index contributed by atoms with van der Waals surface area (Å²) in [6, 6.07) is 5.23. The molecule has 1 aliphatic heterocycles. The lowest BCUT2D eigenvalue weighted by molar-refractivity contribution is -0.179. The number of ether oxygens (including phenoxy) is 2. The Hall–Kier alpha value is -2.29. The summed E-state index contributed by atoms with van der Waals surface area (Å²) in [5, 5.41) is 0.792. The zero-order valence-electron chi connectivity index (χ0n) is 17.9. The summed E-state index contributed by atoms with van der Waals surface area (Å²) in [6.45, 7) is 6.45. The Balaban J connectivity index is 1.61. The highest BCUT2D eigenvalue weighted by atomic mass is 32.1. The molecule has 1 aromatic heterocycles. The average Bonchev–Trinajstić information content (AvgIpc) is 3.12. The van der Waals surface area contributed by atoms with Crippen LogP contribution in [0.3, 0.4) is 0 Å². The van der Waals surface area contributed by atoms with Crippen LogP contribution in [0, 0.1) is 12.8 Å². The minimum Gasteiger partial charge on any atom is -0.493 e. The van der Waals surface area contributed by atoms with Gasteiger partial charge in [0.25, 0.3) is 0 Å². The van der Waals surface area contributed by atoms with E-state index in [1.807, 2.05) is 24.8 Å². The Labute approximate surface area is 184 Å². The summed E-state index contributed by atoms with van der Waals surface area (Å²) in [6.07, 6.45) is -2.48. The molecule has 1 saturated heterocycles. The van der Waals surface area contributed by atoms with Crippen LogP contribution in [0.4, 0.5) is 18.3 Å². The molecule has 0 aliphatic carbocycles. The molecule has 0 unspecified atom stereocenters. The van der Waals surface area contributed by atoms with E-state index < -0.39 is 18.1 Å². The minimum absolute atomic E-state index is 0.112. The van der Waals surface area contributed by atoms with Gasteiger partial charge in [-0.3, -0.25) is 4.79 Å². The molecule has 31 heavy (non-hydrogen) atoms. The molecule has 2 aromatic rings. The number of carbonyl (C=O) groups is 1. The number of hydrogen-bond donors (Lipinski definition) is 0. The second-order valence-electron chi connectivity index (χ2n) is 7.64. The van der Waals surface area contributed by atoms with Gasteiger partial charge in [0.15, 0.2) is 5.13 Å². The highest BCUT2D eigenvalue weighted by Gasteiger charge is 2.41. The van der Waals surface area contributed by atoms with Gasteiger partial charge in [-0.2, -0.15) is 13.2 Å². The lowest BCUT2D eigenvalue weighted by atomic mass is 9.97. The van der Waals surface area contributed by atoms with E-state index in [-0.39, 0.29) is 12.8 Å². The largest absolute Gasteiger partial charge is 0.493 e. The first-order valence-electron chi connectivity index (χ1n) is 10.4. The zero-order valence-corrected chi connectivity index (χ0v) is 18.7. The Morgan fingerprint density at radius 3 is 2.61 bits per heavy atom. The molecular formula is C22H27F3N2O3S. The Kier molecular flexibility index (Phi) is 7.46. The van der Waals surface area contributed by atoms with Gasteiger partial charge in [0.1, 0.15) is 11.5 Å². The number of alkyl halides is 3. The third kappa shape index (κ3) is 6.12. The van der Waals surface area contributed by atoms with E-state index in [4.69, 9.17) is 14.5 Å². The van der Waals surface area contributed by atoms with E-state index in [0.717, 1.165) is 27.7 Å². The number of rotatable bonds is 7. The molecule has 0 amide bonds. The van der Waals surface area contributed by atoms with Crippen molar-refractivity contribution in [3.8, 4) is 11.5 Å². The maximum absolute atomic E-state index is 12.9. The number of esters is 1. The van der Waals surface area contributed by atoms with E-state index in [2.05, 4.69) is 0 Å². The molecule has 2 heterocycles. The van der Waals surface area contributed by atoms with Crippen molar-refractivity contribution in [1.82, 2.24) is 4.98 Å². The topological polar surface area (TPSA) is 51.7 Å². The SMILES string of the molecule is CCc1sc(N2CCC(C(F)(F)F)CC2)nc1CCOc1cc(OC(C)=O)ccc1C. The predicted octanol–water partition coefficient (Wildman–Crippen LogP) is 5.34. The van der Waals surface area contributed by atoms with Crippen molar-refractivity contribution in [2.45, 2.75) is 52.6 Å². The summed E-state index contributed by atoms with van der Waals surface area (Å²) < 4.78 is 49.8. The normalized spacial score (nSPS) is 15.2. The van der Waals surface area contributed by atoms with Crippen molar-refractivity contribution < 1.29 is 27.4 Å². The molecule has 0 saturated carbocycles. The molecular weight excluding hydrogens is 429 g/mol. The first kappa shape index (κ1) is 23.4. The van der Waals surface area contributed by atoms with Crippen LogP contribution in [0.1, 0.15) is 42.8 Å². The van der Waals surface area contributed by atoms with Gasteiger partial charge in [0.05, 0.1) is 18.2 Å². The van der Waals surface area contributed by atoms with Gasteiger partial charge in [0.2, 0.25) is 0 Å². The maximum Gasteiger partial charge on any atom is 0.391 e. The molecule has 0 N–H and O–H groups in total. The highest BCUT2D eigenvalue weighted by Crippen LogP contribution is 2.37. The molecule has 0 spiro atoms. The van der Waals surface area contributed by atoms with Crippen LogP contribution >= 0.6 is 11.3 Å². The lowest BCUT2D eigenvalue weighted by Crippen LogP contribution is -2.38. The second kappa shape index (κ2) is 9.89. The monoisotopic (exact) mass is 456 g/mol. The molecule has 1 aliphatic rings. The summed E-state index contributed by atoms with van der Waals surface area (Å²) in [4.78, 5) is 19.0. The number of anilines is 1. The van der Waals surface area contributed by atoms with Crippen LogP contribution in [-0.4, -0.2) is 36.8 Å². The first-order chi connectivity index (χ1) is 14.7. The van der Waals surface area contributed by atoms with Crippen molar-refractivity contribution in [2.24, 2.45) is 5.92 Å². The van der Waals surface area contributed by atoms with Crippen LogP contribution in [0.5, 0.6) is 11.5 Å². The number of carbonyl (C=O) groups excluding carboxylic acids is 1. The molecule has 3 rings (SSSR count). The van der Waals surface area contributed by atoms with E-state index in [0.29, 0.717) is 37.6 Å². The third-order valence-electron chi connectivity index (χ3n) is 5.33. The molecule has 170 valence electrons. The van der Waals surface area contributed by atoms with Gasteiger partial charge in [-0.25, -0.2) is 4.98 Å². The molecule has 5 nitrogen and oxygen atoms in total.